The molecule has 2 fully saturated rings. The molecule has 36 heavy (non-hydrogen) atoms. The molecular formula is C25H33N5O6. The van der Waals surface area contributed by atoms with Crippen LogP contribution in [-0.4, -0.2) is 84.2 Å². The number of likely N-dealkylation sites (tertiary alicyclic amines) is 2. The van der Waals surface area contributed by atoms with Crippen LogP contribution in [0.3, 0.4) is 0 Å². The van der Waals surface area contributed by atoms with Gasteiger partial charge in [0.2, 0.25) is 17.8 Å². The number of aliphatic hydroxyl groups is 1. The Labute approximate surface area is 209 Å². The molecule has 0 bridgehead atoms. The van der Waals surface area contributed by atoms with Crippen molar-refractivity contribution < 1.29 is 28.6 Å². The molecule has 3 N–H and O–H groups in total. The minimum atomic E-state index is -0.808. The van der Waals surface area contributed by atoms with Gasteiger partial charge in [0.1, 0.15) is 24.0 Å². The van der Waals surface area contributed by atoms with Crippen molar-refractivity contribution in [3.8, 4) is 0 Å². The van der Waals surface area contributed by atoms with Crippen molar-refractivity contribution >= 4 is 40.5 Å². The smallest absolute Gasteiger partial charge is 0.414 e. The van der Waals surface area contributed by atoms with E-state index >= 15 is 0 Å². The van der Waals surface area contributed by atoms with Crippen LogP contribution in [0.4, 0.5) is 10.5 Å². The van der Waals surface area contributed by atoms with Gasteiger partial charge in [-0.2, -0.15) is 0 Å². The molecule has 0 aliphatic carbocycles. The van der Waals surface area contributed by atoms with Crippen molar-refractivity contribution in [2.75, 3.05) is 44.7 Å². The average molecular weight is 500 g/mol. The van der Waals surface area contributed by atoms with E-state index in [0.717, 1.165) is 55.5 Å². The van der Waals surface area contributed by atoms with Crippen LogP contribution >= 0.6 is 0 Å². The lowest BCUT2D eigenvalue weighted by Gasteiger charge is -2.25. The van der Waals surface area contributed by atoms with Crippen LogP contribution in [0.2, 0.25) is 0 Å². The minimum absolute atomic E-state index is 0.0378. The van der Waals surface area contributed by atoms with Gasteiger partial charge in [0.05, 0.1) is 13.2 Å². The molecular weight excluding hydrogens is 466 g/mol. The summed E-state index contributed by atoms with van der Waals surface area (Å²) in [6, 6.07) is 6.55. The zero-order valence-corrected chi connectivity index (χ0v) is 20.5. The van der Waals surface area contributed by atoms with Gasteiger partial charge in [-0.1, -0.05) is 0 Å². The van der Waals surface area contributed by atoms with Crippen molar-refractivity contribution in [1.82, 2.24) is 15.1 Å². The van der Waals surface area contributed by atoms with Crippen molar-refractivity contribution in [3.63, 3.8) is 0 Å². The number of carbonyl (C=O) groups excluding carboxylic acids is 3. The molecule has 1 aromatic carbocycles. The first kappa shape index (κ1) is 25.5. The molecule has 2 saturated heterocycles. The summed E-state index contributed by atoms with van der Waals surface area (Å²) in [6.45, 7) is 3.37. The number of guanidine groups is 1. The summed E-state index contributed by atoms with van der Waals surface area (Å²) in [5.74, 6) is 0.530. The number of furan rings is 1. The Kier molecular flexibility index (Phi) is 8.42. The highest BCUT2D eigenvalue weighted by molar-refractivity contribution is 6.04. The zero-order chi connectivity index (χ0) is 25.5. The second kappa shape index (κ2) is 11.9. The summed E-state index contributed by atoms with van der Waals surface area (Å²) < 4.78 is 10.5. The van der Waals surface area contributed by atoms with Gasteiger partial charge >= 0.3 is 6.09 Å². The molecule has 3 amide bonds. The highest BCUT2D eigenvalue weighted by atomic mass is 16.6. The Morgan fingerprint density at radius 3 is 2.72 bits per heavy atom. The maximum atomic E-state index is 13.4. The lowest BCUT2D eigenvalue weighted by molar-refractivity contribution is -0.140. The maximum absolute atomic E-state index is 13.4. The van der Waals surface area contributed by atoms with Gasteiger partial charge in [0.25, 0.3) is 0 Å². The first-order valence-electron chi connectivity index (χ1n) is 12.4. The van der Waals surface area contributed by atoms with E-state index in [4.69, 9.17) is 14.3 Å². The number of alkyl carbamates (subject to hydrolysis) is 1. The van der Waals surface area contributed by atoms with E-state index in [1.54, 1.807) is 21.9 Å². The number of fused-ring (bicyclic) bond motifs is 1. The van der Waals surface area contributed by atoms with Crippen LogP contribution in [-0.2, 0) is 14.3 Å². The number of aliphatic imine (C=N–C) groups is 1. The quantitative estimate of drug-likeness (QED) is 0.409. The van der Waals surface area contributed by atoms with Gasteiger partial charge in [-0.25, -0.2) is 9.79 Å². The molecule has 1 aromatic heterocycles. The normalized spacial score (nSPS) is 18.9. The third-order valence-corrected chi connectivity index (χ3v) is 6.27. The Morgan fingerprint density at radius 2 is 1.94 bits per heavy atom. The molecule has 2 aromatic rings. The van der Waals surface area contributed by atoms with Crippen LogP contribution in [0.15, 0.2) is 33.7 Å². The first-order chi connectivity index (χ1) is 17.4. The Hall–Kier alpha value is -3.60. The number of carbonyl (C=O) groups is 3. The lowest BCUT2D eigenvalue weighted by Crippen LogP contribution is -2.45. The first-order valence-corrected chi connectivity index (χ1v) is 12.4. The molecule has 0 spiro atoms. The molecule has 194 valence electrons. The molecule has 4 rings (SSSR count). The number of anilines is 1. The topological polar surface area (TPSA) is 137 Å². The van der Waals surface area contributed by atoms with Gasteiger partial charge in [-0.15, -0.1) is 0 Å². The fourth-order valence-corrected chi connectivity index (χ4v) is 4.50. The number of hydrogen-bond donors (Lipinski definition) is 3. The number of rotatable bonds is 6. The number of nitrogens with one attached hydrogen (secondary N) is 2. The third kappa shape index (κ3) is 6.54. The minimum Gasteiger partial charge on any atom is -0.461 e. The highest BCUT2D eigenvalue weighted by Gasteiger charge is 2.30. The van der Waals surface area contributed by atoms with Crippen molar-refractivity contribution in [1.29, 1.82) is 0 Å². The standard InChI is InChI=1S/C25H33N5O6/c1-17-14-18-15-19(7-8-21(18)36-17)26-24(28-25(34)35-13-12-31)27-20-6-2-3-11-30(23(20)33)16-22(32)29-9-4-5-10-29/h7-8,14-15,20,31H,2-6,9-13,16H2,1H3,(H2,26,27,28,34)/t20-/m0/s1. The van der Waals surface area contributed by atoms with E-state index in [1.807, 2.05) is 19.1 Å². The van der Waals surface area contributed by atoms with Crippen molar-refractivity contribution in [3.05, 3.63) is 30.0 Å². The monoisotopic (exact) mass is 499 g/mol. The summed E-state index contributed by atoms with van der Waals surface area (Å²) in [7, 11) is 0. The van der Waals surface area contributed by atoms with Gasteiger partial charge in [-0.05, 0) is 63.3 Å². The second-order valence-corrected chi connectivity index (χ2v) is 9.06. The molecule has 1 atom stereocenters. The van der Waals surface area contributed by atoms with Crippen LogP contribution in [0.25, 0.3) is 11.0 Å². The maximum Gasteiger partial charge on any atom is 0.414 e. The summed E-state index contributed by atoms with van der Waals surface area (Å²) in [5, 5.41) is 15.4. The summed E-state index contributed by atoms with van der Waals surface area (Å²) in [5.41, 5.74) is 1.36. The predicted octanol–water partition coefficient (Wildman–Crippen LogP) is 2.23. The third-order valence-electron chi connectivity index (χ3n) is 6.27. The van der Waals surface area contributed by atoms with Crippen LogP contribution in [0.1, 0.15) is 37.9 Å². The van der Waals surface area contributed by atoms with E-state index in [1.165, 1.54) is 0 Å². The van der Waals surface area contributed by atoms with Gasteiger partial charge in [0.15, 0.2) is 0 Å². The zero-order valence-electron chi connectivity index (χ0n) is 20.5. The Balaban J connectivity index is 1.53. The van der Waals surface area contributed by atoms with Crippen LogP contribution in [0.5, 0.6) is 0 Å². The van der Waals surface area contributed by atoms with E-state index in [-0.39, 0.29) is 37.5 Å². The largest absolute Gasteiger partial charge is 0.461 e. The summed E-state index contributed by atoms with van der Waals surface area (Å²) >= 11 is 0. The molecule has 11 heteroatoms. The lowest BCUT2D eigenvalue weighted by atomic mass is 10.1. The number of amides is 3. The number of hydrogen-bond acceptors (Lipinski definition) is 7. The number of aliphatic hydroxyl groups excluding tert-OH is 1. The molecule has 0 unspecified atom stereocenters. The molecule has 0 saturated carbocycles. The predicted molar refractivity (Wildman–Crippen MR) is 134 cm³/mol. The van der Waals surface area contributed by atoms with E-state index in [0.29, 0.717) is 18.7 Å². The second-order valence-electron chi connectivity index (χ2n) is 9.06. The van der Waals surface area contributed by atoms with Gasteiger partial charge < -0.3 is 29.4 Å². The highest BCUT2D eigenvalue weighted by Crippen LogP contribution is 2.23. The number of aryl methyl sites for hydroxylation is 1. The molecule has 2 aliphatic rings. The number of benzene rings is 1. The van der Waals surface area contributed by atoms with Gasteiger partial charge in [0, 0.05) is 30.7 Å². The van der Waals surface area contributed by atoms with E-state index in [9.17, 15) is 14.4 Å². The number of ether oxygens (including phenoxy) is 1. The molecule has 11 nitrogen and oxygen atoms in total. The van der Waals surface area contributed by atoms with E-state index < -0.39 is 12.1 Å². The molecule has 2 aliphatic heterocycles. The molecule has 0 radical (unpaired) electrons. The van der Waals surface area contributed by atoms with Crippen LogP contribution in [0, 0.1) is 6.92 Å². The van der Waals surface area contributed by atoms with E-state index in [2.05, 4.69) is 15.6 Å². The van der Waals surface area contributed by atoms with Gasteiger partial charge in [-0.3, -0.25) is 14.9 Å². The Bertz CT molecular complexity index is 1120. The number of nitrogens with zero attached hydrogens (tertiary/aromatic N) is 3. The van der Waals surface area contributed by atoms with Crippen molar-refractivity contribution in [2.24, 2.45) is 4.99 Å². The fraction of sp³-hybridized carbons (Fsp3) is 0.520. The molecule has 3 heterocycles. The van der Waals surface area contributed by atoms with Crippen molar-refractivity contribution in [2.45, 2.75) is 45.1 Å². The Morgan fingerprint density at radius 1 is 1.17 bits per heavy atom. The summed E-state index contributed by atoms with van der Waals surface area (Å²) in [4.78, 5) is 46.2. The SMILES string of the molecule is Cc1cc2cc(NC(=N[C@H]3CCCCN(CC(=O)N4CCCC4)C3=O)NC(=O)OCCO)ccc2o1. The van der Waals surface area contributed by atoms with Crippen LogP contribution < -0.4 is 10.6 Å². The average Bonchev–Trinajstić information content (AvgIpc) is 3.48. The summed E-state index contributed by atoms with van der Waals surface area (Å²) in [6.07, 6.45) is 3.20. The fourth-order valence-electron chi connectivity index (χ4n) is 4.50.